The van der Waals surface area contributed by atoms with Crippen LogP contribution in [0.2, 0.25) is 0 Å². The van der Waals surface area contributed by atoms with Crippen molar-refractivity contribution in [1.29, 1.82) is 0 Å². The molecule has 138 valence electrons. The van der Waals surface area contributed by atoms with Crippen molar-refractivity contribution in [1.82, 2.24) is 15.2 Å². The van der Waals surface area contributed by atoms with Gasteiger partial charge < -0.3 is 19.7 Å². The number of aromatic nitrogens is 1. The van der Waals surface area contributed by atoms with E-state index in [1.54, 1.807) is 0 Å². The lowest BCUT2D eigenvalue weighted by Crippen LogP contribution is -2.39. The Hall–Kier alpha value is -1.82. The van der Waals surface area contributed by atoms with Gasteiger partial charge in [0.1, 0.15) is 0 Å². The number of pyridine rings is 1. The molecular weight excluding hydrogens is 316 g/mol. The summed E-state index contributed by atoms with van der Waals surface area (Å²) in [5.74, 6) is 3.01. The van der Waals surface area contributed by atoms with Gasteiger partial charge in [0.25, 0.3) is 0 Å². The van der Waals surface area contributed by atoms with E-state index >= 15 is 0 Å². The van der Waals surface area contributed by atoms with Gasteiger partial charge in [-0.3, -0.25) is 4.99 Å². The number of nitrogens with zero attached hydrogens (tertiary/aromatic N) is 3. The van der Waals surface area contributed by atoms with Crippen LogP contribution in [0.1, 0.15) is 31.7 Å². The molecule has 3 rings (SSSR count). The van der Waals surface area contributed by atoms with Crippen molar-refractivity contribution in [3.8, 4) is 5.88 Å². The lowest BCUT2D eigenvalue weighted by molar-refractivity contribution is 0.114. The molecule has 6 heteroatoms. The van der Waals surface area contributed by atoms with Gasteiger partial charge >= 0.3 is 0 Å². The Morgan fingerprint density at radius 3 is 2.96 bits per heavy atom. The van der Waals surface area contributed by atoms with Crippen molar-refractivity contribution < 1.29 is 9.47 Å². The zero-order valence-corrected chi connectivity index (χ0v) is 15.4. The van der Waals surface area contributed by atoms with Gasteiger partial charge in [0.15, 0.2) is 5.96 Å². The summed E-state index contributed by atoms with van der Waals surface area (Å²) < 4.78 is 11.3. The molecule has 1 N–H and O–H groups in total. The molecule has 1 saturated carbocycles. The minimum atomic E-state index is 0.599. The van der Waals surface area contributed by atoms with Gasteiger partial charge in [0, 0.05) is 51.5 Å². The second-order valence-electron chi connectivity index (χ2n) is 6.92. The molecule has 1 aromatic heterocycles. The Kier molecular flexibility index (Phi) is 6.50. The summed E-state index contributed by atoms with van der Waals surface area (Å²) >= 11 is 0. The molecule has 1 saturated heterocycles. The van der Waals surface area contributed by atoms with Crippen LogP contribution in [0.3, 0.4) is 0 Å². The van der Waals surface area contributed by atoms with Crippen LogP contribution in [-0.2, 0) is 11.3 Å². The topological polar surface area (TPSA) is 59.0 Å². The van der Waals surface area contributed by atoms with Crippen molar-refractivity contribution in [2.75, 3.05) is 40.0 Å². The second kappa shape index (κ2) is 9.04. The molecular formula is C19H30N4O2. The minimum Gasteiger partial charge on any atom is -0.477 e. The van der Waals surface area contributed by atoms with Crippen LogP contribution in [0, 0.1) is 11.8 Å². The fourth-order valence-corrected chi connectivity index (χ4v) is 3.09. The first kappa shape index (κ1) is 18.0. The first-order chi connectivity index (χ1) is 12.3. The van der Waals surface area contributed by atoms with E-state index in [9.17, 15) is 0 Å². The van der Waals surface area contributed by atoms with Gasteiger partial charge in [-0.05, 0) is 43.7 Å². The molecule has 0 bridgehead atoms. The zero-order chi connectivity index (χ0) is 17.5. The summed E-state index contributed by atoms with van der Waals surface area (Å²) in [5.41, 5.74) is 1.16. The highest BCUT2D eigenvalue weighted by molar-refractivity contribution is 5.80. The van der Waals surface area contributed by atoms with Crippen LogP contribution >= 0.6 is 0 Å². The monoisotopic (exact) mass is 346 g/mol. The molecule has 1 unspecified atom stereocenters. The Morgan fingerprint density at radius 1 is 1.32 bits per heavy atom. The molecule has 6 nitrogen and oxygen atoms in total. The average Bonchev–Trinajstić information content (AvgIpc) is 3.36. The molecule has 2 fully saturated rings. The van der Waals surface area contributed by atoms with Gasteiger partial charge in [-0.1, -0.05) is 0 Å². The molecule has 1 aliphatic heterocycles. The zero-order valence-electron chi connectivity index (χ0n) is 15.4. The number of nitrogens with one attached hydrogen (secondary N) is 1. The molecule has 25 heavy (non-hydrogen) atoms. The number of hydrogen-bond acceptors (Lipinski definition) is 4. The third-order valence-corrected chi connectivity index (χ3v) is 4.77. The highest BCUT2D eigenvalue weighted by Crippen LogP contribution is 2.29. The molecule has 0 aromatic carbocycles. The summed E-state index contributed by atoms with van der Waals surface area (Å²) in [6.07, 6.45) is 5.56. The molecule has 0 amide bonds. The highest BCUT2D eigenvalue weighted by Gasteiger charge is 2.25. The van der Waals surface area contributed by atoms with Gasteiger partial charge in [-0.2, -0.15) is 0 Å². The van der Waals surface area contributed by atoms with E-state index in [0.29, 0.717) is 5.92 Å². The molecule has 1 atom stereocenters. The van der Waals surface area contributed by atoms with E-state index in [1.165, 1.54) is 12.8 Å². The van der Waals surface area contributed by atoms with Crippen LogP contribution in [0.4, 0.5) is 0 Å². The van der Waals surface area contributed by atoms with Crippen LogP contribution in [-0.4, -0.2) is 55.8 Å². The Morgan fingerprint density at radius 2 is 2.20 bits per heavy atom. The van der Waals surface area contributed by atoms with Crippen molar-refractivity contribution in [2.45, 2.75) is 32.7 Å². The van der Waals surface area contributed by atoms with E-state index < -0.39 is 0 Å². The van der Waals surface area contributed by atoms with Crippen LogP contribution in [0.25, 0.3) is 0 Å². The van der Waals surface area contributed by atoms with Crippen molar-refractivity contribution in [3.05, 3.63) is 23.9 Å². The summed E-state index contributed by atoms with van der Waals surface area (Å²) in [7, 11) is 1.84. The van der Waals surface area contributed by atoms with E-state index in [-0.39, 0.29) is 0 Å². The fourth-order valence-electron chi connectivity index (χ4n) is 3.09. The van der Waals surface area contributed by atoms with E-state index in [4.69, 9.17) is 9.47 Å². The number of hydrogen-bond donors (Lipinski definition) is 1. The molecule has 1 aliphatic carbocycles. The Labute approximate surface area is 150 Å². The third kappa shape index (κ3) is 5.59. The first-order valence-corrected chi connectivity index (χ1v) is 9.39. The van der Waals surface area contributed by atoms with Gasteiger partial charge in [0.2, 0.25) is 5.88 Å². The normalized spacial score (nSPS) is 20.8. The molecule has 0 spiro atoms. The van der Waals surface area contributed by atoms with Gasteiger partial charge in [0.05, 0.1) is 13.2 Å². The maximum absolute atomic E-state index is 5.76. The quantitative estimate of drug-likeness (QED) is 0.578. The highest BCUT2D eigenvalue weighted by atomic mass is 16.5. The van der Waals surface area contributed by atoms with Crippen LogP contribution in [0.15, 0.2) is 23.3 Å². The van der Waals surface area contributed by atoms with Gasteiger partial charge in [-0.25, -0.2) is 4.98 Å². The maximum atomic E-state index is 5.76. The molecule has 2 heterocycles. The van der Waals surface area contributed by atoms with E-state index in [2.05, 4.69) is 20.2 Å². The summed E-state index contributed by atoms with van der Waals surface area (Å²) in [4.78, 5) is 11.0. The Bertz CT molecular complexity index is 574. The van der Waals surface area contributed by atoms with Crippen LogP contribution in [0.5, 0.6) is 5.88 Å². The Balaban J connectivity index is 1.47. The smallest absolute Gasteiger partial charge is 0.213 e. The minimum absolute atomic E-state index is 0.599. The summed E-state index contributed by atoms with van der Waals surface area (Å²) in [6, 6.07) is 4.04. The van der Waals surface area contributed by atoms with E-state index in [0.717, 1.165) is 69.2 Å². The SMILES string of the molecule is CCOCC1CCN(C(=NC)NCc2ccnc(OCC3CC3)c2)C1. The van der Waals surface area contributed by atoms with Crippen LogP contribution < -0.4 is 10.1 Å². The van der Waals surface area contributed by atoms with Crippen molar-refractivity contribution >= 4 is 5.96 Å². The number of likely N-dealkylation sites (tertiary alicyclic amines) is 1. The lowest BCUT2D eigenvalue weighted by atomic mass is 10.1. The predicted molar refractivity (Wildman–Crippen MR) is 98.8 cm³/mol. The third-order valence-electron chi connectivity index (χ3n) is 4.77. The van der Waals surface area contributed by atoms with Gasteiger partial charge in [-0.15, -0.1) is 0 Å². The first-order valence-electron chi connectivity index (χ1n) is 9.39. The number of aliphatic imine (C=N–C) groups is 1. The number of rotatable bonds is 8. The lowest BCUT2D eigenvalue weighted by Gasteiger charge is -2.22. The maximum Gasteiger partial charge on any atom is 0.213 e. The number of ether oxygens (including phenoxy) is 2. The fraction of sp³-hybridized carbons (Fsp3) is 0.684. The molecule has 0 radical (unpaired) electrons. The summed E-state index contributed by atoms with van der Waals surface area (Å²) in [5, 5.41) is 3.46. The number of guanidine groups is 1. The largest absolute Gasteiger partial charge is 0.477 e. The summed E-state index contributed by atoms with van der Waals surface area (Å²) in [6.45, 7) is 7.23. The van der Waals surface area contributed by atoms with E-state index in [1.807, 2.05) is 32.3 Å². The van der Waals surface area contributed by atoms with Crippen molar-refractivity contribution in [3.63, 3.8) is 0 Å². The standard InChI is InChI=1S/C19H30N4O2/c1-3-24-13-17-7-9-23(12-17)19(20-2)22-11-16-6-8-21-18(10-16)25-14-15-4-5-15/h6,8,10,15,17H,3-5,7,9,11-14H2,1-2H3,(H,20,22). The van der Waals surface area contributed by atoms with Crippen molar-refractivity contribution in [2.24, 2.45) is 16.8 Å². The molecule has 2 aliphatic rings. The predicted octanol–water partition coefficient (Wildman–Crippen LogP) is 2.30. The second-order valence-corrected chi connectivity index (χ2v) is 6.92. The average molecular weight is 346 g/mol. The molecule has 1 aromatic rings.